The lowest BCUT2D eigenvalue weighted by Gasteiger charge is -2.19. The molecule has 0 heterocycles. The Morgan fingerprint density at radius 2 is 1.58 bits per heavy atom. The molecule has 0 atom stereocenters. The number of ether oxygens (including phenoxy) is 2. The third-order valence-corrected chi connectivity index (χ3v) is 5.87. The van der Waals surface area contributed by atoms with Crippen LogP contribution in [0.2, 0.25) is 0 Å². The molecule has 1 N–H and O–H groups in total. The summed E-state index contributed by atoms with van der Waals surface area (Å²) < 4.78 is 11.3. The number of benzene rings is 2. The smallest absolute Gasteiger partial charge is 0.250 e. The van der Waals surface area contributed by atoms with E-state index >= 15 is 0 Å². The highest BCUT2D eigenvalue weighted by Crippen LogP contribution is 2.30. The molecule has 3 aromatic rings. The largest absolute Gasteiger partial charge is 0.490 e. The maximum absolute atomic E-state index is 12.3. The zero-order valence-electron chi connectivity index (χ0n) is 18.3. The third kappa shape index (κ3) is 4.36. The Hall–Kier alpha value is -3.08. The van der Waals surface area contributed by atoms with Gasteiger partial charge in [0, 0.05) is 6.54 Å². The molecule has 0 spiro atoms. The van der Waals surface area contributed by atoms with Gasteiger partial charge in [0.15, 0.2) is 11.5 Å². The van der Waals surface area contributed by atoms with E-state index in [2.05, 4.69) is 17.4 Å². The molecule has 162 valence electrons. The molecule has 0 amide bonds. The van der Waals surface area contributed by atoms with Gasteiger partial charge in [-0.3, -0.25) is 9.59 Å². The van der Waals surface area contributed by atoms with E-state index in [-0.39, 0.29) is 0 Å². The van der Waals surface area contributed by atoms with Crippen LogP contribution in [0.5, 0.6) is 11.5 Å². The van der Waals surface area contributed by atoms with Crippen molar-refractivity contribution in [2.24, 2.45) is 0 Å². The SMILES string of the molecule is CCOc1ccc(CCNc2c(-c3ccc4c(c3)CCCC4)c(=O)c2=O)cc1OCC. The molecule has 5 heteroatoms. The molecule has 0 unspecified atom stereocenters. The van der Waals surface area contributed by atoms with E-state index in [1.165, 1.54) is 24.0 Å². The predicted molar refractivity (Wildman–Crippen MR) is 124 cm³/mol. The van der Waals surface area contributed by atoms with Gasteiger partial charge >= 0.3 is 0 Å². The maximum atomic E-state index is 12.3. The summed E-state index contributed by atoms with van der Waals surface area (Å²) in [5.74, 6) is 1.46. The van der Waals surface area contributed by atoms with Gasteiger partial charge in [0.05, 0.1) is 24.5 Å². The number of rotatable bonds is 9. The maximum Gasteiger partial charge on any atom is 0.250 e. The first-order valence-corrected chi connectivity index (χ1v) is 11.2. The van der Waals surface area contributed by atoms with Crippen molar-refractivity contribution in [1.82, 2.24) is 0 Å². The molecule has 0 bridgehead atoms. The molecule has 4 rings (SSSR count). The topological polar surface area (TPSA) is 64.6 Å². The van der Waals surface area contributed by atoms with Crippen molar-refractivity contribution in [3.63, 3.8) is 0 Å². The van der Waals surface area contributed by atoms with Crippen LogP contribution in [0.3, 0.4) is 0 Å². The van der Waals surface area contributed by atoms with E-state index in [1.807, 2.05) is 38.1 Å². The molecule has 0 fully saturated rings. The van der Waals surface area contributed by atoms with E-state index < -0.39 is 10.9 Å². The van der Waals surface area contributed by atoms with Gasteiger partial charge in [-0.1, -0.05) is 24.3 Å². The number of aryl methyl sites for hydroxylation is 2. The first kappa shape index (κ1) is 21.2. The number of fused-ring (bicyclic) bond motifs is 1. The lowest BCUT2D eigenvalue weighted by Crippen LogP contribution is -2.36. The molecule has 1 aliphatic carbocycles. The second-order valence-corrected chi connectivity index (χ2v) is 7.92. The number of nitrogens with one attached hydrogen (secondary N) is 1. The van der Waals surface area contributed by atoms with Crippen LogP contribution in [-0.4, -0.2) is 19.8 Å². The lowest BCUT2D eigenvalue weighted by molar-refractivity contribution is 0.287. The fraction of sp³-hybridized carbons (Fsp3) is 0.385. The Kier molecular flexibility index (Phi) is 6.40. The second kappa shape index (κ2) is 9.38. The fourth-order valence-electron chi connectivity index (χ4n) is 4.31. The molecule has 0 saturated heterocycles. The monoisotopic (exact) mass is 419 g/mol. The van der Waals surface area contributed by atoms with Gasteiger partial charge in [-0.05, 0) is 80.3 Å². The highest BCUT2D eigenvalue weighted by atomic mass is 16.5. The van der Waals surface area contributed by atoms with Gasteiger partial charge in [-0.15, -0.1) is 0 Å². The zero-order valence-corrected chi connectivity index (χ0v) is 18.3. The molecule has 0 aromatic heterocycles. The highest BCUT2D eigenvalue weighted by Gasteiger charge is 2.23. The summed E-state index contributed by atoms with van der Waals surface area (Å²) in [5.41, 5.74) is 4.76. The summed E-state index contributed by atoms with van der Waals surface area (Å²) in [6.45, 7) is 5.59. The Bertz CT molecular complexity index is 1140. The van der Waals surface area contributed by atoms with Crippen LogP contribution in [-0.2, 0) is 19.3 Å². The molecule has 1 aliphatic rings. The quantitative estimate of drug-likeness (QED) is 0.525. The molecule has 0 aliphatic heterocycles. The number of hydrogen-bond donors (Lipinski definition) is 1. The van der Waals surface area contributed by atoms with Crippen LogP contribution in [0, 0.1) is 0 Å². The van der Waals surface area contributed by atoms with Crippen molar-refractivity contribution < 1.29 is 9.47 Å². The van der Waals surface area contributed by atoms with Gasteiger partial charge < -0.3 is 14.8 Å². The van der Waals surface area contributed by atoms with Crippen molar-refractivity contribution >= 4 is 5.69 Å². The zero-order chi connectivity index (χ0) is 21.8. The van der Waals surface area contributed by atoms with Crippen LogP contribution < -0.4 is 25.6 Å². The molecule has 3 aromatic carbocycles. The lowest BCUT2D eigenvalue weighted by atomic mass is 9.88. The van der Waals surface area contributed by atoms with E-state index in [9.17, 15) is 9.59 Å². The Morgan fingerprint density at radius 3 is 2.35 bits per heavy atom. The fourth-order valence-corrected chi connectivity index (χ4v) is 4.31. The minimum Gasteiger partial charge on any atom is -0.490 e. The van der Waals surface area contributed by atoms with Crippen LogP contribution in [0.1, 0.15) is 43.4 Å². The minimum absolute atomic E-state index is 0.391. The Morgan fingerprint density at radius 1 is 0.839 bits per heavy atom. The van der Waals surface area contributed by atoms with Gasteiger partial charge in [0.2, 0.25) is 10.9 Å². The molecule has 31 heavy (non-hydrogen) atoms. The van der Waals surface area contributed by atoms with Crippen molar-refractivity contribution in [3.8, 4) is 22.6 Å². The molecular weight excluding hydrogens is 390 g/mol. The van der Waals surface area contributed by atoms with E-state index in [1.54, 1.807) is 0 Å². The summed E-state index contributed by atoms with van der Waals surface area (Å²) in [6.07, 6.45) is 5.24. The average molecular weight is 420 g/mol. The number of hydrogen-bond acceptors (Lipinski definition) is 5. The molecular formula is C26H29NO4. The van der Waals surface area contributed by atoms with Crippen LogP contribution in [0.4, 0.5) is 5.69 Å². The summed E-state index contributed by atoms with van der Waals surface area (Å²) in [7, 11) is 0. The van der Waals surface area contributed by atoms with E-state index in [4.69, 9.17) is 9.47 Å². The van der Waals surface area contributed by atoms with E-state index in [0.29, 0.717) is 37.4 Å². The van der Waals surface area contributed by atoms with Crippen molar-refractivity contribution in [2.75, 3.05) is 25.1 Å². The predicted octanol–water partition coefficient (Wildman–Crippen LogP) is 4.28. The van der Waals surface area contributed by atoms with Crippen molar-refractivity contribution in [2.45, 2.75) is 46.0 Å². The summed E-state index contributed by atoms with van der Waals surface area (Å²) in [6, 6.07) is 12.1. The van der Waals surface area contributed by atoms with Gasteiger partial charge in [0.25, 0.3) is 0 Å². The van der Waals surface area contributed by atoms with Crippen molar-refractivity contribution in [3.05, 3.63) is 73.5 Å². The Labute approximate surface area is 182 Å². The number of anilines is 1. The highest BCUT2D eigenvalue weighted by molar-refractivity contribution is 5.82. The van der Waals surface area contributed by atoms with Crippen molar-refractivity contribution in [1.29, 1.82) is 0 Å². The van der Waals surface area contributed by atoms with Gasteiger partial charge in [-0.2, -0.15) is 0 Å². The third-order valence-electron chi connectivity index (χ3n) is 5.87. The summed E-state index contributed by atoms with van der Waals surface area (Å²) in [4.78, 5) is 24.5. The van der Waals surface area contributed by atoms with Gasteiger partial charge in [0.1, 0.15) is 0 Å². The van der Waals surface area contributed by atoms with Crippen LogP contribution in [0.15, 0.2) is 46.0 Å². The average Bonchev–Trinajstić information content (AvgIpc) is 2.79. The summed E-state index contributed by atoms with van der Waals surface area (Å²) >= 11 is 0. The molecule has 0 radical (unpaired) electrons. The van der Waals surface area contributed by atoms with Crippen LogP contribution in [0.25, 0.3) is 11.1 Å². The normalized spacial score (nSPS) is 13.1. The second-order valence-electron chi connectivity index (χ2n) is 7.92. The summed E-state index contributed by atoms with van der Waals surface area (Å²) in [5, 5.41) is 3.20. The Balaban J connectivity index is 1.47. The minimum atomic E-state index is -0.422. The van der Waals surface area contributed by atoms with Gasteiger partial charge in [-0.25, -0.2) is 0 Å². The van der Waals surface area contributed by atoms with Crippen LogP contribution >= 0.6 is 0 Å². The molecule has 5 nitrogen and oxygen atoms in total. The molecule has 0 saturated carbocycles. The first-order chi connectivity index (χ1) is 15.1. The first-order valence-electron chi connectivity index (χ1n) is 11.2. The van der Waals surface area contributed by atoms with E-state index in [0.717, 1.165) is 35.5 Å². The standard InChI is InChI=1S/C26H29NO4/c1-3-30-21-12-9-17(15-22(21)31-4-2)13-14-27-24-23(25(28)26(24)29)20-11-10-18-7-5-6-8-19(18)16-20/h9-12,15-16,27H,3-8,13-14H2,1-2H3.